The maximum absolute atomic E-state index is 12.5. The smallest absolute Gasteiger partial charge is 0.416 e. The summed E-state index contributed by atoms with van der Waals surface area (Å²) in [6.07, 6.45) is -2.90. The van der Waals surface area contributed by atoms with Crippen LogP contribution >= 0.6 is 0 Å². The number of carbonyl (C=O) groups excluding carboxylic acids is 2. The van der Waals surface area contributed by atoms with Crippen molar-refractivity contribution >= 4 is 23.6 Å². The van der Waals surface area contributed by atoms with Gasteiger partial charge in [0.15, 0.2) is 6.10 Å². The molecule has 0 aliphatic heterocycles. The number of alkyl halides is 3. The Balaban J connectivity index is 1.88. The lowest BCUT2D eigenvalue weighted by molar-refractivity contribution is -0.148. The second kappa shape index (κ2) is 9.07. The number of hydrogen-bond donors (Lipinski definition) is 1. The highest BCUT2D eigenvalue weighted by molar-refractivity contribution is 5.96. The molecule has 2 aromatic rings. The number of esters is 1. The molecule has 0 bridgehead atoms. The Morgan fingerprint density at radius 3 is 2.18 bits per heavy atom. The Labute approximate surface area is 159 Å². The molecule has 0 heterocycles. The average Bonchev–Trinajstić information content (AvgIpc) is 2.66. The Morgan fingerprint density at radius 1 is 1.04 bits per heavy atom. The van der Waals surface area contributed by atoms with Crippen molar-refractivity contribution in [3.63, 3.8) is 0 Å². The van der Waals surface area contributed by atoms with Gasteiger partial charge < -0.3 is 14.8 Å². The van der Waals surface area contributed by atoms with Gasteiger partial charge in [0.05, 0.1) is 12.7 Å². The number of ether oxygens (including phenoxy) is 2. The number of hydrogen-bond acceptors (Lipinski definition) is 4. The van der Waals surface area contributed by atoms with Gasteiger partial charge >= 0.3 is 12.1 Å². The normalized spacial score (nSPS) is 12.5. The van der Waals surface area contributed by atoms with Crippen molar-refractivity contribution in [1.29, 1.82) is 0 Å². The molecule has 1 atom stereocenters. The number of halogens is 3. The van der Waals surface area contributed by atoms with E-state index in [1.165, 1.54) is 19.1 Å². The molecular formula is C20H18F3NO4. The summed E-state index contributed by atoms with van der Waals surface area (Å²) in [4.78, 5) is 23.8. The van der Waals surface area contributed by atoms with Gasteiger partial charge in [-0.25, -0.2) is 4.79 Å². The maximum Gasteiger partial charge on any atom is 0.416 e. The van der Waals surface area contributed by atoms with Gasteiger partial charge in [0, 0.05) is 11.8 Å². The van der Waals surface area contributed by atoms with Crippen LogP contribution in [0.2, 0.25) is 0 Å². The molecule has 0 aromatic heterocycles. The molecule has 0 saturated carbocycles. The SMILES string of the molecule is COc1ccc(/C=C/C(=O)O[C@H](C)C(=O)Nc2ccc(C(F)(F)F)cc2)cc1. The fourth-order valence-corrected chi connectivity index (χ4v) is 2.13. The maximum atomic E-state index is 12.5. The molecule has 0 spiro atoms. The largest absolute Gasteiger partial charge is 0.497 e. The molecule has 148 valence electrons. The quantitative estimate of drug-likeness (QED) is 0.587. The molecule has 8 heteroatoms. The molecule has 5 nitrogen and oxygen atoms in total. The van der Waals surface area contributed by atoms with E-state index in [1.807, 2.05) is 0 Å². The highest BCUT2D eigenvalue weighted by atomic mass is 19.4. The summed E-state index contributed by atoms with van der Waals surface area (Å²) in [6, 6.07) is 10.9. The summed E-state index contributed by atoms with van der Waals surface area (Å²) in [5.74, 6) is -0.717. The van der Waals surface area contributed by atoms with E-state index in [-0.39, 0.29) is 5.69 Å². The molecule has 0 unspecified atom stereocenters. The molecule has 0 saturated heterocycles. The number of benzene rings is 2. The van der Waals surface area contributed by atoms with Crippen LogP contribution in [0.15, 0.2) is 54.6 Å². The zero-order valence-electron chi connectivity index (χ0n) is 15.1. The minimum Gasteiger partial charge on any atom is -0.497 e. The van der Waals surface area contributed by atoms with Crippen molar-refractivity contribution in [2.24, 2.45) is 0 Å². The van der Waals surface area contributed by atoms with Crippen LogP contribution in [0.1, 0.15) is 18.1 Å². The van der Waals surface area contributed by atoms with Crippen molar-refractivity contribution in [3.8, 4) is 5.75 Å². The van der Waals surface area contributed by atoms with E-state index >= 15 is 0 Å². The first kappa shape index (κ1) is 21.0. The molecular weight excluding hydrogens is 375 g/mol. The fourth-order valence-electron chi connectivity index (χ4n) is 2.13. The Hall–Kier alpha value is -3.29. The number of amides is 1. The lowest BCUT2D eigenvalue weighted by Gasteiger charge is -2.13. The van der Waals surface area contributed by atoms with Gasteiger partial charge in [0.2, 0.25) is 0 Å². The number of rotatable bonds is 6. The number of carbonyl (C=O) groups is 2. The highest BCUT2D eigenvalue weighted by Crippen LogP contribution is 2.29. The Morgan fingerprint density at radius 2 is 1.64 bits per heavy atom. The van der Waals surface area contributed by atoms with Gasteiger partial charge in [-0.2, -0.15) is 13.2 Å². The van der Waals surface area contributed by atoms with Gasteiger partial charge in [0.1, 0.15) is 5.75 Å². The predicted molar refractivity (Wildman–Crippen MR) is 97.7 cm³/mol. The van der Waals surface area contributed by atoms with Crippen molar-refractivity contribution in [1.82, 2.24) is 0 Å². The van der Waals surface area contributed by atoms with Crippen LogP contribution < -0.4 is 10.1 Å². The monoisotopic (exact) mass is 393 g/mol. The summed E-state index contributed by atoms with van der Waals surface area (Å²) < 4.78 is 47.6. The van der Waals surface area contributed by atoms with Crippen LogP contribution in [-0.2, 0) is 20.5 Å². The predicted octanol–water partition coefficient (Wildman–Crippen LogP) is 4.30. The first-order chi connectivity index (χ1) is 13.2. The van der Waals surface area contributed by atoms with Crippen LogP contribution in [0, 0.1) is 0 Å². The van der Waals surface area contributed by atoms with Crippen LogP contribution in [0.3, 0.4) is 0 Å². The van der Waals surface area contributed by atoms with Gasteiger partial charge in [-0.15, -0.1) is 0 Å². The van der Waals surface area contributed by atoms with E-state index in [1.54, 1.807) is 31.4 Å². The summed E-state index contributed by atoms with van der Waals surface area (Å²) in [5, 5.41) is 2.39. The van der Waals surface area contributed by atoms with Crippen molar-refractivity contribution in [2.75, 3.05) is 12.4 Å². The van der Waals surface area contributed by atoms with E-state index in [2.05, 4.69) is 5.32 Å². The molecule has 2 rings (SSSR count). The number of nitrogens with one attached hydrogen (secondary N) is 1. The summed E-state index contributed by atoms with van der Waals surface area (Å²) in [6.45, 7) is 1.36. The third-order valence-corrected chi connectivity index (χ3v) is 3.67. The fraction of sp³-hybridized carbons (Fsp3) is 0.200. The van der Waals surface area contributed by atoms with E-state index in [0.29, 0.717) is 5.75 Å². The lowest BCUT2D eigenvalue weighted by Crippen LogP contribution is -2.29. The standard InChI is InChI=1S/C20H18F3NO4/c1-13(19(26)24-16-8-6-15(7-9-16)20(21,22)23)28-18(25)12-5-14-3-10-17(27-2)11-4-14/h3-13H,1-2H3,(H,24,26)/b12-5+/t13-/m1/s1. The van der Waals surface area contributed by atoms with Crippen LogP contribution in [0.5, 0.6) is 5.75 Å². The zero-order chi connectivity index (χ0) is 20.7. The van der Waals surface area contributed by atoms with E-state index in [0.717, 1.165) is 29.8 Å². The van der Waals surface area contributed by atoms with Crippen molar-refractivity contribution in [3.05, 3.63) is 65.7 Å². The molecule has 1 amide bonds. The molecule has 2 aromatic carbocycles. The average molecular weight is 393 g/mol. The molecule has 28 heavy (non-hydrogen) atoms. The summed E-state index contributed by atoms with van der Waals surface area (Å²) in [7, 11) is 1.54. The third-order valence-electron chi connectivity index (χ3n) is 3.67. The van der Waals surface area contributed by atoms with Crippen molar-refractivity contribution in [2.45, 2.75) is 19.2 Å². The molecule has 0 aliphatic rings. The minimum absolute atomic E-state index is 0.162. The topological polar surface area (TPSA) is 64.6 Å². The second-order valence-electron chi connectivity index (χ2n) is 5.75. The number of anilines is 1. The molecule has 0 fully saturated rings. The summed E-state index contributed by atoms with van der Waals surface area (Å²) in [5.41, 5.74) is 0.0722. The van der Waals surface area contributed by atoms with E-state index < -0.39 is 29.7 Å². The van der Waals surface area contributed by atoms with Crippen LogP contribution in [0.4, 0.5) is 18.9 Å². The number of methoxy groups -OCH3 is 1. The van der Waals surface area contributed by atoms with Gasteiger partial charge in [0.25, 0.3) is 5.91 Å². The highest BCUT2D eigenvalue weighted by Gasteiger charge is 2.30. The minimum atomic E-state index is -4.46. The van der Waals surface area contributed by atoms with E-state index in [9.17, 15) is 22.8 Å². The Bertz CT molecular complexity index is 843. The lowest BCUT2D eigenvalue weighted by atomic mass is 10.2. The Kier molecular flexibility index (Phi) is 6.81. The van der Waals surface area contributed by atoms with Crippen LogP contribution in [0.25, 0.3) is 6.08 Å². The second-order valence-corrected chi connectivity index (χ2v) is 5.75. The molecule has 1 N–H and O–H groups in total. The van der Waals surface area contributed by atoms with Gasteiger partial charge in [-0.05, 0) is 55.0 Å². The van der Waals surface area contributed by atoms with Crippen LogP contribution in [-0.4, -0.2) is 25.1 Å². The van der Waals surface area contributed by atoms with E-state index in [4.69, 9.17) is 9.47 Å². The van der Waals surface area contributed by atoms with Gasteiger partial charge in [-0.1, -0.05) is 12.1 Å². The third kappa shape index (κ3) is 6.15. The van der Waals surface area contributed by atoms with Gasteiger partial charge in [-0.3, -0.25) is 4.79 Å². The van der Waals surface area contributed by atoms with Crippen molar-refractivity contribution < 1.29 is 32.2 Å². The molecule has 0 radical (unpaired) electrons. The zero-order valence-corrected chi connectivity index (χ0v) is 15.1. The first-order valence-corrected chi connectivity index (χ1v) is 8.20. The molecule has 0 aliphatic carbocycles. The first-order valence-electron chi connectivity index (χ1n) is 8.20. The summed E-state index contributed by atoms with van der Waals surface area (Å²) >= 11 is 0.